The van der Waals surface area contributed by atoms with Crippen LogP contribution in [0.25, 0.3) is 0 Å². The summed E-state index contributed by atoms with van der Waals surface area (Å²) < 4.78 is 23.1. The molecule has 0 fully saturated rings. The molecular formula is C13H15FO4. The van der Waals surface area contributed by atoms with E-state index in [9.17, 15) is 14.0 Å². The fourth-order valence-corrected chi connectivity index (χ4v) is 1.20. The first-order valence-corrected chi connectivity index (χ1v) is 5.55. The van der Waals surface area contributed by atoms with Gasteiger partial charge in [-0.05, 0) is 26.0 Å². The molecule has 0 aliphatic rings. The number of benzene rings is 1. The van der Waals surface area contributed by atoms with E-state index in [-0.39, 0.29) is 6.61 Å². The summed E-state index contributed by atoms with van der Waals surface area (Å²) in [6.45, 7) is 2.00. The van der Waals surface area contributed by atoms with Crippen LogP contribution in [-0.2, 0) is 14.3 Å². The summed E-state index contributed by atoms with van der Waals surface area (Å²) in [7, 11) is 0. The van der Waals surface area contributed by atoms with Gasteiger partial charge in [0.15, 0.2) is 0 Å². The van der Waals surface area contributed by atoms with Gasteiger partial charge in [0.25, 0.3) is 0 Å². The Morgan fingerprint density at radius 3 is 2.39 bits per heavy atom. The van der Waals surface area contributed by atoms with Crippen molar-refractivity contribution in [2.75, 3.05) is 13.2 Å². The summed E-state index contributed by atoms with van der Waals surface area (Å²) in [5.74, 6) is -1.71. The molecule has 5 heteroatoms. The molecular weight excluding hydrogens is 239 g/mol. The van der Waals surface area contributed by atoms with Gasteiger partial charge < -0.3 is 9.47 Å². The Kier molecular flexibility index (Phi) is 4.83. The summed E-state index contributed by atoms with van der Waals surface area (Å²) in [4.78, 5) is 22.8. The molecule has 1 atom stereocenters. The van der Waals surface area contributed by atoms with Crippen LogP contribution in [0.3, 0.4) is 0 Å². The van der Waals surface area contributed by atoms with E-state index in [1.807, 2.05) is 0 Å². The van der Waals surface area contributed by atoms with Crippen molar-refractivity contribution in [2.24, 2.45) is 0 Å². The quantitative estimate of drug-likeness (QED) is 0.755. The largest absolute Gasteiger partial charge is 0.464 e. The van der Waals surface area contributed by atoms with Gasteiger partial charge in [-0.2, -0.15) is 0 Å². The van der Waals surface area contributed by atoms with Crippen LogP contribution >= 0.6 is 0 Å². The zero-order chi connectivity index (χ0) is 13.6. The van der Waals surface area contributed by atoms with E-state index < -0.39 is 24.2 Å². The first-order valence-electron chi connectivity index (χ1n) is 5.55. The van der Waals surface area contributed by atoms with E-state index in [0.717, 1.165) is 6.92 Å². The molecule has 0 aliphatic carbocycles. The van der Waals surface area contributed by atoms with E-state index in [4.69, 9.17) is 4.74 Å². The molecule has 1 aromatic rings. The fraction of sp³-hybridized carbons (Fsp3) is 0.385. The Morgan fingerprint density at radius 1 is 1.22 bits per heavy atom. The number of esters is 2. The Labute approximate surface area is 105 Å². The lowest BCUT2D eigenvalue weighted by molar-refractivity contribution is -0.158. The van der Waals surface area contributed by atoms with Crippen molar-refractivity contribution < 1.29 is 23.5 Å². The fourth-order valence-electron chi connectivity index (χ4n) is 1.20. The lowest BCUT2D eigenvalue weighted by atomic mass is 10.1. The number of hydrogen-bond acceptors (Lipinski definition) is 4. The van der Waals surface area contributed by atoms with Crippen molar-refractivity contribution in [3.63, 3.8) is 0 Å². The molecule has 0 radical (unpaired) electrons. The minimum absolute atomic E-state index is 0.0744. The number of carbonyl (C=O) groups is 2. The second kappa shape index (κ2) is 6.14. The molecule has 0 amide bonds. The van der Waals surface area contributed by atoms with Crippen LogP contribution in [0.4, 0.5) is 4.39 Å². The van der Waals surface area contributed by atoms with E-state index in [2.05, 4.69) is 4.74 Å². The van der Waals surface area contributed by atoms with E-state index >= 15 is 0 Å². The molecule has 4 nitrogen and oxygen atoms in total. The summed E-state index contributed by atoms with van der Waals surface area (Å²) in [5, 5.41) is 0. The Balaban J connectivity index is 2.55. The Morgan fingerprint density at radius 2 is 1.83 bits per heavy atom. The molecule has 1 aromatic carbocycles. The standard InChI is InChI=1S/C13H15FO4/c1-3-17-12(16)13(2,14)9-18-11(15)10-7-5-4-6-8-10/h4-8H,3,9H2,1-2H3. The summed E-state index contributed by atoms with van der Waals surface area (Å²) in [5.41, 5.74) is -2.03. The maximum Gasteiger partial charge on any atom is 0.347 e. The highest BCUT2D eigenvalue weighted by molar-refractivity contribution is 5.89. The van der Waals surface area contributed by atoms with Gasteiger partial charge in [-0.1, -0.05) is 18.2 Å². The van der Waals surface area contributed by atoms with E-state index in [0.29, 0.717) is 5.56 Å². The van der Waals surface area contributed by atoms with Gasteiger partial charge >= 0.3 is 11.9 Å². The monoisotopic (exact) mass is 254 g/mol. The minimum Gasteiger partial charge on any atom is -0.464 e. The number of hydrogen-bond donors (Lipinski definition) is 0. The van der Waals surface area contributed by atoms with Crippen LogP contribution < -0.4 is 0 Å². The molecule has 0 saturated heterocycles. The molecule has 18 heavy (non-hydrogen) atoms. The van der Waals surface area contributed by atoms with Gasteiger partial charge in [0, 0.05) is 0 Å². The van der Waals surface area contributed by atoms with Crippen LogP contribution in [0.5, 0.6) is 0 Å². The van der Waals surface area contributed by atoms with Crippen LogP contribution in [0.2, 0.25) is 0 Å². The van der Waals surface area contributed by atoms with Crippen molar-refractivity contribution in [2.45, 2.75) is 19.5 Å². The third kappa shape index (κ3) is 3.84. The van der Waals surface area contributed by atoms with Gasteiger partial charge in [-0.25, -0.2) is 14.0 Å². The highest BCUT2D eigenvalue weighted by atomic mass is 19.1. The van der Waals surface area contributed by atoms with Crippen molar-refractivity contribution in [1.82, 2.24) is 0 Å². The number of ether oxygens (including phenoxy) is 2. The molecule has 1 rings (SSSR count). The normalized spacial score (nSPS) is 13.5. The zero-order valence-electron chi connectivity index (χ0n) is 10.3. The molecule has 0 aliphatic heterocycles. The van der Waals surface area contributed by atoms with Crippen molar-refractivity contribution >= 4 is 11.9 Å². The van der Waals surface area contributed by atoms with Gasteiger partial charge in [0.2, 0.25) is 5.67 Å². The highest BCUT2D eigenvalue weighted by Crippen LogP contribution is 2.14. The lowest BCUT2D eigenvalue weighted by Gasteiger charge is -2.17. The average molecular weight is 254 g/mol. The number of halogens is 1. The molecule has 0 spiro atoms. The van der Waals surface area contributed by atoms with Gasteiger partial charge in [0.05, 0.1) is 12.2 Å². The van der Waals surface area contributed by atoms with Crippen molar-refractivity contribution in [1.29, 1.82) is 0 Å². The second-order valence-corrected chi connectivity index (χ2v) is 3.86. The van der Waals surface area contributed by atoms with E-state index in [1.54, 1.807) is 37.3 Å². The second-order valence-electron chi connectivity index (χ2n) is 3.86. The summed E-state index contributed by atoms with van der Waals surface area (Å²) in [6.07, 6.45) is 0. The highest BCUT2D eigenvalue weighted by Gasteiger charge is 2.36. The number of rotatable bonds is 5. The van der Waals surface area contributed by atoms with Gasteiger partial charge in [-0.3, -0.25) is 0 Å². The molecule has 98 valence electrons. The molecule has 0 saturated carbocycles. The lowest BCUT2D eigenvalue weighted by Crippen LogP contribution is -2.38. The molecule has 0 bridgehead atoms. The zero-order valence-corrected chi connectivity index (χ0v) is 10.3. The first-order chi connectivity index (χ1) is 8.47. The summed E-state index contributed by atoms with van der Waals surface area (Å²) in [6, 6.07) is 8.16. The maximum atomic E-state index is 13.8. The van der Waals surface area contributed by atoms with Crippen LogP contribution in [0.1, 0.15) is 24.2 Å². The van der Waals surface area contributed by atoms with Crippen molar-refractivity contribution in [3.8, 4) is 0 Å². The summed E-state index contributed by atoms with van der Waals surface area (Å²) >= 11 is 0. The topological polar surface area (TPSA) is 52.6 Å². The predicted molar refractivity (Wildman–Crippen MR) is 62.9 cm³/mol. The predicted octanol–water partition coefficient (Wildman–Crippen LogP) is 2.13. The third-order valence-corrected chi connectivity index (χ3v) is 2.18. The molecule has 0 heterocycles. The SMILES string of the molecule is CCOC(=O)C(C)(F)COC(=O)c1ccccc1. The van der Waals surface area contributed by atoms with Crippen LogP contribution in [0, 0.1) is 0 Å². The average Bonchev–Trinajstić information content (AvgIpc) is 2.37. The third-order valence-electron chi connectivity index (χ3n) is 2.18. The van der Waals surface area contributed by atoms with Crippen LogP contribution in [0.15, 0.2) is 30.3 Å². The maximum absolute atomic E-state index is 13.8. The van der Waals surface area contributed by atoms with Gasteiger partial charge in [-0.15, -0.1) is 0 Å². The number of alkyl halides is 1. The number of carbonyl (C=O) groups excluding carboxylic acids is 2. The first kappa shape index (κ1) is 14.2. The van der Waals surface area contributed by atoms with Crippen molar-refractivity contribution in [3.05, 3.63) is 35.9 Å². The molecule has 1 unspecified atom stereocenters. The van der Waals surface area contributed by atoms with Gasteiger partial charge in [0.1, 0.15) is 6.61 Å². The Bertz CT molecular complexity index is 414. The molecule has 0 N–H and O–H groups in total. The smallest absolute Gasteiger partial charge is 0.347 e. The van der Waals surface area contributed by atoms with E-state index in [1.165, 1.54) is 0 Å². The Hall–Kier alpha value is -1.91. The molecule has 0 aromatic heterocycles. The van der Waals surface area contributed by atoms with Crippen LogP contribution in [-0.4, -0.2) is 30.8 Å². The minimum atomic E-state index is -2.33.